The summed E-state index contributed by atoms with van der Waals surface area (Å²) in [7, 11) is 0. The zero-order valence-electron chi connectivity index (χ0n) is 15.7. The van der Waals surface area contributed by atoms with Gasteiger partial charge in [0, 0.05) is 16.3 Å². The predicted molar refractivity (Wildman–Crippen MR) is 117 cm³/mol. The van der Waals surface area contributed by atoms with E-state index < -0.39 is 5.25 Å². The van der Waals surface area contributed by atoms with E-state index in [9.17, 15) is 4.79 Å². The fourth-order valence-electron chi connectivity index (χ4n) is 2.47. The van der Waals surface area contributed by atoms with Gasteiger partial charge in [-0.2, -0.15) is 0 Å². The molecular formula is C19H19Cl2N5O2S. The van der Waals surface area contributed by atoms with E-state index >= 15 is 0 Å². The van der Waals surface area contributed by atoms with Crippen LogP contribution in [0.2, 0.25) is 10.0 Å². The highest BCUT2D eigenvalue weighted by Gasteiger charge is 2.21. The van der Waals surface area contributed by atoms with Gasteiger partial charge in [-0.3, -0.25) is 4.79 Å². The maximum atomic E-state index is 12.5. The number of thioether (sulfide) groups is 1. The molecule has 29 heavy (non-hydrogen) atoms. The van der Waals surface area contributed by atoms with Gasteiger partial charge in [0.1, 0.15) is 5.75 Å². The first-order valence-corrected chi connectivity index (χ1v) is 10.4. The van der Waals surface area contributed by atoms with E-state index in [0.717, 1.165) is 5.75 Å². The number of aromatic nitrogens is 3. The number of nitrogens with one attached hydrogen (secondary N) is 1. The number of carbonyl (C=O) groups excluding carboxylic acids is 1. The van der Waals surface area contributed by atoms with Crippen molar-refractivity contribution in [1.82, 2.24) is 14.9 Å². The summed E-state index contributed by atoms with van der Waals surface area (Å²) in [5.74, 6) is 7.07. The van der Waals surface area contributed by atoms with Crippen molar-refractivity contribution >= 4 is 46.6 Å². The minimum absolute atomic E-state index is 0.187. The summed E-state index contributed by atoms with van der Waals surface area (Å²) in [6.07, 6.45) is 0. The molecule has 0 aliphatic rings. The number of anilines is 1. The molecule has 0 bridgehead atoms. The molecule has 0 saturated heterocycles. The fraction of sp³-hybridized carbons (Fsp3) is 0.211. The largest absolute Gasteiger partial charge is 0.494 e. The van der Waals surface area contributed by atoms with Crippen molar-refractivity contribution in [1.29, 1.82) is 0 Å². The standard InChI is InChI=1S/C19H19Cl2N5O2S/c1-3-28-14-7-5-13(6-8-14)23-18(27)11(2)29-19-25-24-17(26(19)22)15-9-4-12(20)10-16(15)21/h4-11H,3,22H2,1-2H3,(H,23,27). The number of halogens is 2. The van der Waals surface area contributed by atoms with E-state index in [1.54, 1.807) is 49.4 Å². The number of ether oxygens (including phenoxy) is 1. The number of hydrogen-bond acceptors (Lipinski definition) is 6. The monoisotopic (exact) mass is 451 g/mol. The van der Waals surface area contributed by atoms with Gasteiger partial charge in [-0.25, -0.2) is 4.68 Å². The minimum Gasteiger partial charge on any atom is -0.494 e. The van der Waals surface area contributed by atoms with Gasteiger partial charge < -0.3 is 15.9 Å². The molecule has 1 aromatic heterocycles. The first-order valence-electron chi connectivity index (χ1n) is 8.75. The molecule has 3 rings (SSSR count). The van der Waals surface area contributed by atoms with Crippen LogP contribution in [-0.2, 0) is 4.79 Å². The molecule has 0 saturated carbocycles. The van der Waals surface area contributed by atoms with Gasteiger partial charge in [0.15, 0.2) is 5.82 Å². The van der Waals surface area contributed by atoms with E-state index in [4.69, 9.17) is 33.8 Å². The number of carbonyl (C=O) groups is 1. The smallest absolute Gasteiger partial charge is 0.237 e. The van der Waals surface area contributed by atoms with Crippen molar-refractivity contribution in [3.05, 3.63) is 52.5 Å². The predicted octanol–water partition coefficient (Wildman–Crippen LogP) is 4.48. The molecule has 0 fully saturated rings. The summed E-state index contributed by atoms with van der Waals surface area (Å²) in [4.78, 5) is 12.5. The summed E-state index contributed by atoms with van der Waals surface area (Å²) in [5.41, 5.74) is 1.28. The topological polar surface area (TPSA) is 95.1 Å². The molecule has 7 nitrogen and oxygen atoms in total. The van der Waals surface area contributed by atoms with E-state index in [1.165, 1.54) is 16.4 Å². The van der Waals surface area contributed by atoms with E-state index in [1.807, 2.05) is 6.92 Å². The molecule has 152 valence electrons. The first-order chi connectivity index (χ1) is 13.9. The highest BCUT2D eigenvalue weighted by atomic mass is 35.5. The van der Waals surface area contributed by atoms with Crippen LogP contribution in [0.5, 0.6) is 5.75 Å². The molecule has 1 heterocycles. The van der Waals surface area contributed by atoms with Crippen molar-refractivity contribution in [3.63, 3.8) is 0 Å². The van der Waals surface area contributed by atoms with Crippen LogP contribution in [0.4, 0.5) is 5.69 Å². The average molecular weight is 452 g/mol. The maximum Gasteiger partial charge on any atom is 0.237 e. The number of hydrogen-bond donors (Lipinski definition) is 2. The number of nitrogens with zero attached hydrogens (tertiary/aromatic N) is 3. The molecule has 0 aliphatic carbocycles. The second kappa shape index (κ2) is 9.39. The van der Waals surface area contributed by atoms with Crippen LogP contribution in [0.15, 0.2) is 47.6 Å². The number of benzene rings is 2. The third-order valence-electron chi connectivity index (χ3n) is 3.92. The molecule has 1 atom stereocenters. The molecule has 0 radical (unpaired) electrons. The highest BCUT2D eigenvalue weighted by Crippen LogP contribution is 2.31. The van der Waals surface area contributed by atoms with E-state index in [0.29, 0.717) is 38.9 Å². The van der Waals surface area contributed by atoms with Crippen LogP contribution in [0, 0.1) is 0 Å². The summed E-state index contributed by atoms with van der Waals surface area (Å²) in [6.45, 7) is 4.26. The molecule has 3 aromatic rings. The lowest BCUT2D eigenvalue weighted by Gasteiger charge is -2.12. The number of rotatable bonds is 7. The van der Waals surface area contributed by atoms with Crippen molar-refractivity contribution < 1.29 is 9.53 Å². The molecule has 1 amide bonds. The van der Waals surface area contributed by atoms with Gasteiger partial charge in [0.25, 0.3) is 0 Å². The number of amides is 1. The lowest BCUT2D eigenvalue weighted by molar-refractivity contribution is -0.115. The highest BCUT2D eigenvalue weighted by molar-refractivity contribution is 8.00. The Bertz CT molecular complexity index is 1010. The van der Waals surface area contributed by atoms with Crippen LogP contribution >= 0.6 is 35.0 Å². The summed E-state index contributed by atoms with van der Waals surface area (Å²) < 4.78 is 6.70. The maximum absolute atomic E-state index is 12.5. The van der Waals surface area contributed by atoms with Crippen molar-refractivity contribution in [3.8, 4) is 17.1 Å². The van der Waals surface area contributed by atoms with Crippen LogP contribution in [0.1, 0.15) is 13.8 Å². The van der Waals surface area contributed by atoms with Crippen molar-refractivity contribution in [2.75, 3.05) is 17.8 Å². The Morgan fingerprint density at radius 3 is 2.62 bits per heavy atom. The zero-order chi connectivity index (χ0) is 21.0. The van der Waals surface area contributed by atoms with Crippen molar-refractivity contribution in [2.24, 2.45) is 0 Å². The normalized spacial score (nSPS) is 11.9. The second-order valence-corrected chi connectivity index (χ2v) is 8.16. The van der Waals surface area contributed by atoms with E-state index in [-0.39, 0.29) is 5.91 Å². The van der Waals surface area contributed by atoms with Crippen LogP contribution < -0.4 is 15.9 Å². The van der Waals surface area contributed by atoms with E-state index in [2.05, 4.69) is 15.5 Å². The number of nitrogens with two attached hydrogens (primary N) is 1. The Morgan fingerprint density at radius 2 is 1.97 bits per heavy atom. The van der Waals surface area contributed by atoms with Gasteiger partial charge in [-0.15, -0.1) is 10.2 Å². The van der Waals surface area contributed by atoms with Crippen LogP contribution in [0.25, 0.3) is 11.4 Å². The molecule has 3 N–H and O–H groups in total. The van der Waals surface area contributed by atoms with Gasteiger partial charge in [-0.1, -0.05) is 35.0 Å². The van der Waals surface area contributed by atoms with Gasteiger partial charge >= 0.3 is 0 Å². The summed E-state index contributed by atoms with van der Waals surface area (Å²) >= 11 is 13.3. The van der Waals surface area contributed by atoms with Gasteiger partial charge in [0.2, 0.25) is 11.1 Å². The Labute approximate surface area is 182 Å². The first kappa shape index (κ1) is 21.3. The SMILES string of the molecule is CCOc1ccc(NC(=O)C(C)Sc2nnc(-c3ccc(Cl)cc3Cl)n2N)cc1. The van der Waals surface area contributed by atoms with Crippen LogP contribution in [-0.4, -0.2) is 32.6 Å². The summed E-state index contributed by atoms with van der Waals surface area (Å²) in [6, 6.07) is 12.2. The van der Waals surface area contributed by atoms with Gasteiger partial charge in [-0.05, 0) is 56.3 Å². The minimum atomic E-state index is -0.457. The summed E-state index contributed by atoms with van der Waals surface area (Å²) in [5, 5.41) is 11.9. The lowest BCUT2D eigenvalue weighted by Crippen LogP contribution is -2.23. The molecule has 1 unspecified atom stereocenters. The fourth-order valence-corrected chi connectivity index (χ4v) is 3.73. The molecule has 0 spiro atoms. The van der Waals surface area contributed by atoms with Gasteiger partial charge in [0.05, 0.1) is 16.9 Å². The quantitative estimate of drug-likeness (QED) is 0.405. The lowest BCUT2D eigenvalue weighted by atomic mass is 10.2. The third-order valence-corrected chi connectivity index (χ3v) is 5.53. The number of nitrogen functional groups attached to an aromatic ring is 1. The Kier molecular flexibility index (Phi) is 6.89. The molecule has 0 aliphatic heterocycles. The average Bonchev–Trinajstić information content (AvgIpc) is 3.04. The molecular weight excluding hydrogens is 433 g/mol. The Balaban J connectivity index is 1.68. The Morgan fingerprint density at radius 1 is 1.24 bits per heavy atom. The second-order valence-electron chi connectivity index (χ2n) is 6.01. The molecule has 10 heteroatoms. The van der Waals surface area contributed by atoms with Crippen LogP contribution in [0.3, 0.4) is 0 Å². The third kappa shape index (κ3) is 5.14. The van der Waals surface area contributed by atoms with Crippen molar-refractivity contribution in [2.45, 2.75) is 24.3 Å². The molecule has 2 aromatic carbocycles. The zero-order valence-corrected chi connectivity index (χ0v) is 18.1. The Hall–Kier alpha value is -2.42.